The van der Waals surface area contributed by atoms with Crippen LogP contribution in [0.1, 0.15) is 24.8 Å². The molecule has 0 bridgehead atoms. The number of benzene rings is 1. The molecule has 1 aliphatic heterocycles. The molecule has 1 unspecified atom stereocenters. The third-order valence-corrected chi connectivity index (χ3v) is 3.53. The van der Waals surface area contributed by atoms with Crippen LogP contribution in [-0.4, -0.2) is 25.5 Å². The number of halogens is 2. The molecule has 1 fully saturated rings. The zero-order chi connectivity index (χ0) is 13.5. The Hall–Kier alpha value is -1.13. The minimum atomic E-state index is -0.293. The van der Waals surface area contributed by atoms with Gasteiger partial charge >= 0.3 is 0 Å². The normalized spacial score (nSPS) is 18.1. The Bertz CT molecular complexity index is 422. The van der Waals surface area contributed by atoms with Crippen molar-refractivity contribution in [3.63, 3.8) is 0 Å². The van der Waals surface area contributed by atoms with E-state index in [9.17, 15) is 9.18 Å². The molecule has 2 N–H and O–H groups in total. The fourth-order valence-electron chi connectivity index (χ4n) is 2.48. The molecule has 2 rings (SSSR count). The molecule has 5 heteroatoms. The summed E-state index contributed by atoms with van der Waals surface area (Å²) >= 11 is 0. The molecule has 1 saturated heterocycles. The first-order chi connectivity index (χ1) is 9.24. The largest absolute Gasteiger partial charge is 0.356 e. The first-order valence-corrected chi connectivity index (χ1v) is 6.96. The number of rotatable bonds is 5. The van der Waals surface area contributed by atoms with E-state index >= 15 is 0 Å². The Morgan fingerprint density at radius 1 is 1.45 bits per heavy atom. The summed E-state index contributed by atoms with van der Waals surface area (Å²) in [6, 6.07) is 6.20. The smallest absolute Gasteiger partial charge is 0.224 e. The maximum absolute atomic E-state index is 13.0. The van der Waals surface area contributed by atoms with E-state index in [4.69, 9.17) is 0 Å². The van der Waals surface area contributed by atoms with Crippen molar-refractivity contribution >= 4 is 18.3 Å². The van der Waals surface area contributed by atoms with E-state index in [-0.39, 0.29) is 30.6 Å². The second-order valence-electron chi connectivity index (χ2n) is 5.16. The van der Waals surface area contributed by atoms with E-state index in [2.05, 4.69) is 10.6 Å². The van der Waals surface area contributed by atoms with Crippen LogP contribution >= 0.6 is 12.4 Å². The topological polar surface area (TPSA) is 41.1 Å². The van der Waals surface area contributed by atoms with Gasteiger partial charge in [-0.1, -0.05) is 12.1 Å². The van der Waals surface area contributed by atoms with E-state index in [1.807, 2.05) is 0 Å². The number of nitrogens with one attached hydrogen (secondary N) is 2. The minimum absolute atomic E-state index is 0. The molecule has 0 radical (unpaired) electrons. The summed E-state index contributed by atoms with van der Waals surface area (Å²) in [6.45, 7) is 2.88. The number of piperidine rings is 1. The summed E-state index contributed by atoms with van der Waals surface area (Å²) in [4.78, 5) is 11.7. The van der Waals surface area contributed by atoms with Crippen molar-refractivity contribution in [3.05, 3.63) is 35.6 Å². The van der Waals surface area contributed by atoms with Gasteiger partial charge in [0.05, 0.1) is 6.42 Å². The van der Waals surface area contributed by atoms with Crippen molar-refractivity contribution in [2.45, 2.75) is 25.7 Å². The van der Waals surface area contributed by atoms with Gasteiger partial charge in [0.1, 0.15) is 5.82 Å². The molecule has 0 spiro atoms. The van der Waals surface area contributed by atoms with Gasteiger partial charge in [0.15, 0.2) is 0 Å². The average molecular weight is 301 g/mol. The number of amides is 1. The number of carbonyl (C=O) groups is 1. The lowest BCUT2D eigenvalue weighted by Gasteiger charge is -2.22. The monoisotopic (exact) mass is 300 g/mol. The highest BCUT2D eigenvalue weighted by atomic mass is 35.5. The highest BCUT2D eigenvalue weighted by Gasteiger charge is 2.12. The summed E-state index contributed by atoms with van der Waals surface area (Å²) in [5.74, 6) is 0.344. The molecule has 1 aliphatic rings. The summed E-state index contributed by atoms with van der Waals surface area (Å²) in [5.41, 5.74) is 0.719. The Kier molecular flexibility index (Phi) is 7.55. The zero-order valence-corrected chi connectivity index (χ0v) is 12.3. The van der Waals surface area contributed by atoms with Crippen LogP contribution in [0.15, 0.2) is 24.3 Å². The molecule has 112 valence electrons. The van der Waals surface area contributed by atoms with Crippen LogP contribution in [0.2, 0.25) is 0 Å². The quantitative estimate of drug-likeness (QED) is 0.876. The highest BCUT2D eigenvalue weighted by molar-refractivity contribution is 5.85. The van der Waals surface area contributed by atoms with Gasteiger partial charge in [0.2, 0.25) is 5.91 Å². The molecule has 0 saturated carbocycles. The molecule has 0 aromatic heterocycles. The zero-order valence-electron chi connectivity index (χ0n) is 11.5. The Morgan fingerprint density at radius 3 is 3.00 bits per heavy atom. The molecule has 1 atom stereocenters. The molecular weight excluding hydrogens is 279 g/mol. The molecular formula is C15H22ClFN2O. The van der Waals surface area contributed by atoms with Gasteiger partial charge in [0.25, 0.3) is 0 Å². The van der Waals surface area contributed by atoms with Crippen molar-refractivity contribution < 1.29 is 9.18 Å². The van der Waals surface area contributed by atoms with E-state index in [0.29, 0.717) is 12.5 Å². The fourth-order valence-corrected chi connectivity index (χ4v) is 2.48. The van der Waals surface area contributed by atoms with E-state index in [0.717, 1.165) is 25.1 Å². The Labute approximate surface area is 125 Å². The number of hydrogen-bond acceptors (Lipinski definition) is 2. The molecule has 1 aromatic rings. The predicted molar refractivity (Wildman–Crippen MR) is 80.6 cm³/mol. The molecule has 3 nitrogen and oxygen atoms in total. The lowest BCUT2D eigenvalue weighted by Crippen LogP contribution is -2.33. The van der Waals surface area contributed by atoms with Crippen LogP contribution in [0.3, 0.4) is 0 Å². The van der Waals surface area contributed by atoms with E-state index in [1.165, 1.54) is 25.0 Å². The van der Waals surface area contributed by atoms with Crippen molar-refractivity contribution in [2.24, 2.45) is 5.92 Å². The van der Waals surface area contributed by atoms with Crippen LogP contribution in [0, 0.1) is 11.7 Å². The SMILES string of the molecule is Cl.O=C(Cc1cccc(F)c1)NCCC1CCCNC1. The van der Waals surface area contributed by atoms with Gasteiger partial charge in [-0.15, -0.1) is 12.4 Å². The Morgan fingerprint density at radius 2 is 2.30 bits per heavy atom. The van der Waals surface area contributed by atoms with E-state index in [1.54, 1.807) is 12.1 Å². The van der Waals surface area contributed by atoms with Crippen molar-refractivity contribution in [3.8, 4) is 0 Å². The lowest BCUT2D eigenvalue weighted by molar-refractivity contribution is -0.120. The first kappa shape index (κ1) is 16.9. The third kappa shape index (κ3) is 5.88. The fraction of sp³-hybridized carbons (Fsp3) is 0.533. The number of carbonyl (C=O) groups excluding carboxylic acids is 1. The molecule has 1 heterocycles. The van der Waals surface area contributed by atoms with Crippen LogP contribution in [0.5, 0.6) is 0 Å². The first-order valence-electron chi connectivity index (χ1n) is 6.96. The van der Waals surface area contributed by atoms with Crippen molar-refractivity contribution in [2.75, 3.05) is 19.6 Å². The van der Waals surface area contributed by atoms with Gasteiger partial charge in [-0.3, -0.25) is 4.79 Å². The van der Waals surface area contributed by atoms with Crippen LogP contribution in [0.25, 0.3) is 0 Å². The maximum atomic E-state index is 13.0. The van der Waals surface area contributed by atoms with Gasteiger partial charge in [-0.2, -0.15) is 0 Å². The summed E-state index contributed by atoms with van der Waals surface area (Å²) in [6.07, 6.45) is 3.73. The number of hydrogen-bond donors (Lipinski definition) is 2. The van der Waals surface area contributed by atoms with Crippen molar-refractivity contribution in [1.82, 2.24) is 10.6 Å². The van der Waals surface area contributed by atoms with Gasteiger partial charge < -0.3 is 10.6 Å². The lowest BCUT2D eigenvalue weighted by atomic mass is 9.96. The maximum Gasteiger partial charge on any atom is 0.224 e. The highest BCUT2D eigenvalue weighted by Crippen LogP contribution is 2.12. The predicted octanol–water partition coefficient (Wildman–Crippen LogP) is 2.30. The molecule has 0 aliphatic carbocycles. The van der Waals surface area contributed by atoms with E-state index < -0.39 is 0 Å². The Balaban J connectivity index is 0.00000200. The summed E-state index contributed by atoms with van der Waals surface area (Å²) < 4.78 is 13.0. The standard InChI is InChI=1S/C15H21FN2O.ClH/c16-14-5-1-3-13(9-14)10-15(19)18-8-6-12-4-2-7-17-11-12;/h1,3,5,9,12,17H,2,4,6-8,10-11H2,(H,18,19);1H. The van der Waals surface area contributed by atoms with Crippen LogP contribution < -0.4 is 10.6 Å². The molecule has 1 amide bonds. The van der Waals surface area contributed by atoms with Crippen LogP contribution in [-0.2, 0) is 11.2 Å². The van der Waals surface area contributed by atoms with Gasteiger partial charge in [-0.25, -0.2) is 4.39 Å². The van der Waals surface area contributed by atoms with Gasteiger partial charge in [-0.05, 0) is 56.0 Å². The molecule has 20 heavy (non-hydrogen) atoms. The summed E-state index contributed by atoms with van der Waals surface area (Å²) in [7, 11) is 0. The van der Waals surface area contributed by atoms with Crippen LogP contribution in [0.4, 0.5) is 4.39 Å². The minimum Gasteiger partial charge on any atom is -0.356 e. The third-order valence-electron chi connectivity index (χ3n) is 3.53. The second-order valence-corrected chi connectivity index (χ2v) is 5.16. The van der Waals surface area contributed by atoms with Crippen molar-refractivity contribution in [1.29, 1.82) is 0 Å². The summed E-state index contributed by atoms with van der Waals surface area (Å²) in [5, 5.41) is 6.27. The average Bonchev–Trinajstić information content (AvgIpc) is 2.40. The van der Waals surface area contributed by atoms with Gasteiger partial charge in [0, 0.05) is 6.54 Å². The molecule has 1 aromatic carbocycles. The second kappa shape index (κ2) is 8.93.